The van der Waals surface area contributed by atoms with Gasteiger partial charge in [-0.1, -0.05) is 17.7 Å². The summed E-state index contributed by atoms with van der Waals surface area (Å²) in [6.45, 7) is 1.60. The summed E-state index contributed by atoms with van der Waals surface area (Å²) in [4.78, 5) is 10.8. The van der Waals surface area contributed by atoms with Gasteiger partial charge in [-0.05, 0) is 37.1 Å². The highest BCUT2D eigenvalue weighted by Gasteiger charge is 2.42. The Morgan fingerprint density at radius 2 is 1.97 bits per heavy atom. The third kappa shape index (κ3) is 4.91. The number of halogens is 4. The Hall–Kier alpha value is -1.68. The van der Waals surface area contributed by atoms with Crippen molar-refractivity contribution in [1.82, 2.24) is 15.6 Å². The molecule has 2 heterocycles. The molecule has 0 spiro atoms. The maximum atomic E-state index is 14.0. The van der Waals surface area contributed by atoms with E-state index in [1.807, 2.05) is 12.1 Å². The Bertz CT molecular complexity index is 877. The first kappa shape index (κ1) is 22.0. The lowest BCUT2D eigenvalue weighted by Gasteiger charge is -2.20. The lowest BCUT2D eigenvalue weighted by Crippen LogP contribution is -2.45. The summed E-state index contributed by atoms with van der Waals surface area (Å²) in [6.07, 6.45) is 3.33. The predicted octanol–water partition coefficient (Wildman–Crippen LogP) is 3.93. The molecule has 3 unspecified atom stereocenters. The molecule has 3 atom stereocenters. The third-order valence-corrected chi connectivity index (χ3v) is 5.57. The van der Waals surface area contributed by atoms with E-state index >= 15 is 0 Å². The summed E-state index contributed by atoms with van der Waals surface area (Å²) in [5.41, 5.74) is 0.160. The van der Waals surface area contributed by atoms with E-state index in [-0.39, 0.29) is 47.5 Å². The molecule has 9 heteroatoms. The molecule has 0 amide bonds. The Balaban J connectivity index is 0.00000240. The van der Waals surface area contributed by atoms with Gasteiger partial charge in [0.15, 0.2) is 5.96 Å². The van der Waals surface area contributed by atoms with Crippen molar-refractivity contribution in [1.29, 1.82) is 0 Å². The second-order valence-electron chi connectivity index (χ2n) is 7.19. The van der Waals surface area contributed by atoms with Crippen LogP contribution >= 0.6 is 35.6 Å². The Morgan fingerprint density at radius 1 is 1.21 bits per heavy atom. The fourth-order valence-electron chi connectivity index (χ4n) is 3.76. The number of benzene rings is 1. The second kappa shape index (κ2) is 9.42. The molecule has 2 aliphatic rings. The van der Waals surface area contributed by atoms with E-state index in [9.17, 15) is 8.78 Å². The lowest BCUT2D eigenvalue weighted by atomic mass is 10.1. The van der Waals surface area contributed by atoms with Gasteiger partial charge in [-0.3, -0.25) is 4.99 Å². The monoisotopic (exact) mass is 533 g/mol. The van der Waals surface area contributed by atoms with Crippen molar-refractivity contribution in [3.8, 4) is 0 Å². The van der Waals surface area contributed by atoms with E-state index in [2.05, 4.69) is 25.5 Å². The summed E-state index contributed by atoms with van der Waals surface area (Å²) < 4.78 is 27.9. The van der Waals surface area contributed by atoms with E-state index in [1.165, 1.54) is 18.2 Å². The zero-order valence-corrected chi connectivity index (χ0v) is 19.0. The number of nitrogens with one attached hydrogen (secondary N) is 2. The zero-order valence-electron chi connectivity index (χ0n) is 15.9. The largest absolute Gasteiger partial charge is 0.353 e. The van der Waals surface area contributed by atoms with Gasteiger partial charge in [0.05, 0.1) is 5.02 Å². The number of aromatic nitrogens is 1. The van der Waals surface area contributed by atoms with Crippen LogP contribution < -0.4 is 15.5 Å². The van der Waals surface area contributed by atoms with Crippen LogP contribution in [0, 0.1) is 11.6 Å². The number of nitrogens with zero attached hydrogens (tertiary/aromatic N) is 3. The van der Waals surface area contributed by atoms with Crippen LogP contribution in [0.5, 0.6) is 0 Å². The Labute approximate surface area is 191 Å². The first-order chi connectivity index (χ1) is 13.6. The highest BCUT2D eigenvalue weighted by Crippen LogP contribution is 2.43. The van der Waals surface area contributed by atoms with Gasteiger partial charge >= 0.3 is 0 Å². The van der Waals surface area contributed by atoms with Crippen molar-refractivity contribution in [3.63, 3.8) is 0 Å². The molecule has 1 aliphatic carbocycles. The van der Waals surface area contributed by atoms with Gasteiger partial charge < -0.3 is 15.5 Å². The van der Waals surface area contributed by atoms with Crippen LogP contribution in [0.15, 0.2) is 41.5 Å². The molecular weight excluding hydrogens is 511 g/mol. The van der Waals surface area contributed by atoms with Gasteiger partial charge in [-0.15, -0.1) is 24.0 Å². The smallest absolute Gasteiger partial charge is 0.191 e. The average molecular weight is 534 g/mol. The van der Waals surface area contributed by atoms with Crippen LogP contribution in [-0.2, 0) is 0 Å². The molecule has 0 radical (unpaired) electrons. The molecule has 4 rings (SSSR count). The summed E-state index contributed by atoms with van der Waals surface area (Å²) in [5, 5.41) is 7.32. The van der Waals surface area contributed by atoms with E-state index in [0.29, 0.717) is 17.4 Å². The second-order valence-corrected chi connectivity index (χ2v) is 7.59. The molecular formula is C20H23ClF2IN5. The predicted molar refractivity (Wildman–Crippen MR) is 122 cm³/mol. The summed E-state index contributed by atoms with van der Waals surface area (Å²) in [7, 11) is 1.69. The van der Waals surface area contributed by atoms with Crippen molar-refractivity contribution in [3.05, 3.63) is 58.7 Å². The third-order valence-electron chi connectivity index (χ3n) is 5.27. The number of aliphatic imine (C=N–C) groups is 1. The Morgan fingerprint density at radius 3 is 2.66 bits per heavy atom. The van der Waals surface area contributed by atoms with Crippen molar-refractivity contribution in [2.45, 2.75) is 30.8 Å². The number of hydrogen-bond acceptors (Lipinski definition) is 3. The number of pyridine rings is 1. The standard InChI is InChI=1S/C20H22ClF2N5.HI/c1-24-20(27-17-10-13(17)18-15(22)5-2-6-16(18)23)26-12-7-9-28(11-12)19-14(21)4-3-8-25-19;/h2-6,8,12-13,17H,7,9-11H2,1H3,(H2,24,26,27);1H. The molecule has 2 fully saturated rings. The minimum absolute atomic E-state index is 0. The van der Waals surface area contributed by atoms with Crippen LogP contribution in [0.4, 0.5) is 14.6 Å². The molecule has 2 aromatic rings. The lowest BCUT2D eigenvalue weighted by molar-refractivity contribution is 0.553. The number of rotatable bonds is 4. The van der Waals surface area contributed by atoms with E-state index in [1.54, 1.807) is 13.2 Å². The molecule has 1 saturated heterocycles. The highest BCUT2D eigenvalue weighted by molar-refractivity contribution is 14.0. The van der Waals surface area contributed by atoms with E-state index in [4.69, 9.17) is 11.6 Å². The SMILES string of the molecule is CN=C(NC1CCN(c2ncccc2Cl)C1)NC1CC1c1c(F)cccc1F.I. The van der Waals surface area contributed by atoms with Crippen LogP contribution in [0.3, 0.4) is 0 Å². The molecule has 1 saturated carbocycles. The quantitative estimate of drug-likeness (QED) is 0.355. The highest BCUT2D eigenvalue weighted by atomic mass is 127. The summed E-state index contributed by atoms with van der Waals surface area (Å²) in [6, 6.07) is 7.80. The van der Waals surface area contributed by atoms with Gasteiger partial charge in [0.25, 0.3) is 0 Å². The molecule has 5 nitrogen and oxygen atoms in total. The van der Waals surface area contributed by atoms with Crippen LogP contribution in [0.25, 0.3) is 0 Å². The zero-order chi connectivity index (χ0) is 19.7. The van der Waals surface area contributed by atoms with Crippen LogP contribution in [0.1, 0.15) is 24.3 Å². The molecule has 0 bridgehead atoms. The first-order valence-electron chi connectivity index (χ1n) is 9.36. The van der Waals surface area contributed by atoms with Gasteiger partial charge in [0.2, 0.25) is 0 Å². The van der Waals surface area contributed by atoms with Crippen molar-refractivity contribution in [2.75, 3.05) is 25.0 Å². The summed E-state index contributed by atoms with van der Waals surface area (Å²) in [5.74, 6) is 0.274. The topological polar surface area (TPSA) is 52.6 Å². The van der Waals surface area contributed by atoms with E-state index < -0.39 is 11.6 Å². The van der Waals surface area contributed by atoms with Crippen LogP contribution in [0.2, 0.25) is 5.02 Å². The number of hydrogen-bond donors (Lipinski definition) is 2. The fourth-order valence-corrected chi connectivity index (χ4v) is 4.00. The van der Waals surface area contributed by atoms with Crippen molar-refractivity contribution >= 4 is 47.4 Å². The number of guanidine groups is 1. The first-order valence-corrected chi connectivity index (χ1v) is 9.74. The van der Waals surface area contributed by atoms with E-state index in [0.717, 1.165) is 25.3 Å². The van der Waals surface area contributed by atoms with Gasteiger partial charge in [-0.2, -0.15) is 0 Å². The van der Waals surface area contributed by atoms with Crippen LogP contribution in [-0.4, -0.2) is 43.2 Å². The minimum Gasteiger partial charge on any atom is -0.353 e. The average Bonchev–Trinajstić information content (AvgIpc) is 3.26. The van der Waals surface area contributed by atoms with Crippen molar-refractivity contribution < 1.29 is 8.78 Å². The molecule has 1 aliphatic heterocycles. The van der Waals surface area contributed by atoms with Gasteiger partial charge in [-0.25, -0.2) is 13.8 Å². The van der Waals surface area contributed by atoms with Crippen molar-refractivity contribution in [2.24, 2.45) is 4.99 Å². The molecule has 1 aromatic carbocycles. The minimum atomic E-state index is -0.490. The molecule has 156 valence electrons. The fraction of sp³-hybridized carbons (Fsp3) is 0.400. The summed E-state index contributed by atoms with van der Waals surface area (Å²) >= 11 is 6.24. The van der Waals surface area contributed by atoms with Gasteiger partial charge in [0, 0.05) is 49.9 Å². The Kier molecular flexibility index (Phi) is 7.15. The maximum Gasteiger partial charge on any atom is 0.191 e. The normalized spacial score (nSPS) is 23.5. The van der Waals surface area contributed by atoms with Gasteiger partial charge in [0.1, 0.15) is 17.5 Å². The maximum absolute atomic E-state index is 14.0. The molecule has 2 N–H and O–H groups in total. The molecule has 29 heavy (non-hydrogen) atoms. The molecule has 1 aromatic heterocycles. The number of anilines is 1.